The standard InChI is InChI=1S/C16H15ClN2O4/c1-10-6-13(7-15(20)22-10)23-14-8-19(9-14)16(21)18-12-4-2-11(17)3-5-12/h2-7,14H,8-9H2,1H3,(H,18,21). The molecule has 1 saturated heterocycles. The van der Waals surface area contributed by atoms with Gasteiger partial charge in [-0.15, -0.1) is 0 Å². The van der Waals surface area contributed by atoms with E-state index in [2.05, 4.69) is 5.32 Å². The highest BCUT2D eigenvalue weighted by molar-refractivity contribution is 6.30. The number of anilines is 1. The number of nitrogens with one attached hydrogen (secondary N) is 1. The summed E-state index contributed by atoms with van der Waals surface area (Å²) < 4.78 is 10.5. The highest BCUT2D eigenvalue weighted by Gasteiger charge is 2.32. The van der Waals surface area contributed by atoms with Crippen LogP contribution >= 0.6 is 11.6 Å². The molecule has 6 nitrogen and oxygen atoms in total. The summed E-state index contributed by atoms with van der Waals surface area (Å²) in [5.74, 6) is 0.950. The Hall–Kier alpha value is -2.47. The summed E-state index contributed by atoms with van der Waals surface area (Å²) in [7, 11) is 0. The van der Waals surface area contributed by atoms with Crippen molar-refractivity contribution in [3.63, 3.8) is 0 Å². The van der Waals surface area contributed by atoms with Gasteiger partial charge in [-0.3, -0.25) is 0 Å². The average Bonchev–Trinajstić information content (AvgIpc) is 2.43. The molecule has 1 aliphatic rings. The zero-order chi connectivity index (χ0) is 16.4. The fourth-order valence-corrected chi connectivity index (χ4v) is 2.38. The van der Waals surface area contributed by atoms with E-state index in [1.54, 1.807) is 42.2 Å². The van der Waals surface area contributed by atoms with Gasteiger partial charge in [0.2, 0.25) is 0 Å². The van der Waals surface area contributed by atoms with E-state index in [-0.39, 0.29) is 12.1 Å². The van der Waals surface area contributed by atoms with Crippen LogP contribution in [0.4, 0.5) is 10.5 Å². The van der Waals surface area contributed by atoms with Gasteiger partial charge in [-0.2, -0.15) is 0 Å². The lowest BCUT2D eigenvalue weighted by Gasteiger charge is -2.38. The van der Waals surface area contributed by atoms with Crippen LogP contribution in [0.5, 0.6) is 5.75 Å². The molecule has 1 fully saturated rings. The Kier molecular flexibility index (Phi) is 4.25. The first-order chi connectivity index (χ1) is 11.0. The van der Waals surface area contributed by atoms with Crippen LogP contribution in [0.15, 0.2) is 45.6 Å². The molecule has 0 spiro atoms. The summed E-state index contributed by atoms with van der Waals surface area (Å²) in [5.41, 5.74) is 0.233. The Morgan fingerprint density at radius 1 is 1.30 bits per heavy atom. The maximum atomic E-state index is 12.0. The van der Waals surface area contributed by atoms with E-state index in [1.165, 1.54) is 6.07 Å². The van der Waals surface area contributed by atoms with Gasteiger partial charge in [0.25, 0.3) is 0 Å². The van der Waals surface area contributed by atoms with Crippen molar-refractivity contribution in [2.75, 3.05) is 18.4 Å². The lowest BCUT2D eigenvalue weighted by atomic mass is 10.2. The first-order valence-corrected chi connectivity index (χ1v) is 7.47. The maximum absolute atomic E-state index is 12.0. The van der Waals surface area contributed by atoms with E-state index in [0.29, 0.717) is 35.3 Å². The van der Waals surface area contributed by atoms with Crippen molar-refractivity contribution in [1.82, 2.24) is 4.90 Å². The topological polar surface area (TPSA) is 71.8 Å². The van der Waals surface area contributed by atoms with Crippen LogP contribution in [0.2, 0.25) is 5.02 Å². The molecule has 1 aliphatic heterocycles. The molecular weight excluding hydrogens is 320 g/mol. The SMILES string of the molecule is Cc1cc(OC2CN(C(=O)Nc3ccc(Cl)cc3)C2)cc(=O)o1. The zero-order valence-corrected chi connectivity index (χ0v) is 13.2. The van der Waals surface area contributed by atoms with Gasteiger partial charge in [0, 0.05) is 16.8 Å². The fourth-order valence-electron chi connectivity index (χ4n) is 2.25. The third-order valence-electron chi connectivity index (χ3n) is 3.40. The Morgan fingerprint density at radius 2 is 2.00 bits per heavy atom. The number of carbonyl (C=O) groups excluding carboxylic acids is 1. The number of rotatable bonds is 3. The van der Waals surface area contributed by atoms with Crippen molar-refractivity contribution in [3.05, 3.63) is 57.6 Å². The van der Waals surface area contributed by atoms with Gasteiger partial charge in [-0.25, -0.2) is 9.59 Å². The number of hydrogen-bond donors (Lipinski definition) is 1. The second kappa shape index (κ2) is 6.34. The predicted octanol–water partition coefficient (Wildman–Crippen LogP) is 2.90. The number of nitrogens with zero attached hydrogens (tertiary/aromatic N) is 1. The van der Waals surface area contributed by atoms with Crippen molar-refractivity contribution in [3.8, 4) is 5.75 Å². The highest BCUT2D eigenvalue weighted by atomic mass is 35.5. The van der Waals surface area contributed by atoms with Gasteiger partial charge in [0.1, 0.15) is 17.6 Å². The molecule has 1 N–H and O–H groups in total. The molecule has 2 heterocycles. The molecule has 2 aromatic rings. The van der Waals surface area contributed by atoms with E-state index in [0.717, 1.165) is 0 Å². The summed E-state index contributed by atoms with van der Waals surface area (Å²) in [6.07, 6.45) is -0.132. The minimum absolute atomic E-state index is 0.132. The molecule has 0 aliphatic carbocycles. The summed E-state index contributed by atoms with van der Waals surface area (Å²) in [6.45, 7) is 2.60. The smallest absolute Gasteiger partial charge is 0.339 e. The van der Waals surface area contributed by atoms with E-state index >= 15 is 0 Å². The van der Waals surface area contributed by atoms with Crippen molar-refractivity contribution < 1.29 is 13.9 Å². The van der Waals surface area contributed by atoms with Gasteiger partial charge in [0.05, 0.1) is 19.2 Å². The molecule has 7 heteroatoms. The minimum Gasteiger partial charge on any atom is -0.486 e. The summed E-state index contributed by atoms with van der Waals surface area (Å²) in [5, 5.41) is 3.40. The Bertz CT molecular complexity index is 766. The number of benzene rings is 1. The maximum Gasteiger partial charge on any atom is 0.339 e. The van der Waals surface area contributed by atoms with E-state index in [4.69, 9.17) is 20.8 Å². The zero-order valence-electron chi connectivity index (χ0n) is 12.4. The number of hydrogen-bond acceptors (Lipinski definition) is 4. The predicted molar refractivity (Wildman–Crippen MR) is 86.2 cm³/mol. The molecule has 0 saturated carbocycles. The van der Waals surface area contributed by atoms with Crippen LogP contribution in [0.25, 0.3) is 0 Å². The number of aryl methyl sites for hydroxylation is 1. The molecule has 2 amide bonds. The number of urea groups is 1. The van der Waals surface area contributed by atoms with Gasteiger partial charge in [-0.05, 0) is 31.2 Å². The average molecular weight is 335 g/mol. The van der Waals surface area contributed by atoms with Gasteiger partial charge in [0.15, 0.2) is 0 Å². The Morgan fingerprint density at radius 3 is 2.65 bits per heavy atom. The summed E-state index contributed by atoms with van der Waals surface area (Å²) in [4.78, 5) is 24.9. The molecule has 23 heavy (non-hydrogen) atoms. The molecule has 0 radical (unpaired) electrons. The first-order valence-electron chi connectivity index (χ1n) is 7.09. The van der Waals surface area contributed by atoms with Crippen molar-refractivity contribution in [2.45, 2.75) is 13.0 Å². The molecule has 0 atom stereocenters. The largest absolute Gasteiger partial charge is 0.486 e. The van der Waals surface area contributed by atoms with Crippen LogP contribution in [0, 0.1) is 6.92 Å². The van der Waals surface area contributed by atoms with E-state index in [1.807, 2.05) is 0 Å². The van der Waals surface area contributed by atoms with Crippen LogP contribution in [0.3, 0.4) is 0 Å². The number of ether oxygens (including phenoxy) is 1. The van der Waals surface area contributed by atoms with Crippen molar-refractivity contribution in [1.29, 1.82) is 0 Å². The quantitative estimate of drug-likeness (QED) is 0.936. The van der Waals surface area contributed by atoms with Gasteiger partial charge >= 0.3 is 11.7 Å². The lowest BCUT2D eigenvalue weighted by Crippen LogP contribution is -2.57. The molecule has 1 aromatic carbocycles. The van der Waals surface area contributed by atoms with Crippen molar-refractivity contribution in [2.24, 2.45) is 0 Å². The lowest BCUT2D eigenvalue weighted by molar-refractivity contribution is 0.0487. The number of halogens is 1. The molecule has 120 valence electrons. The van der Waals surface area contributed by atoms with Crippen molar-refractivity contribution >= 4 is 23.3 Å². The monoisotopic (exact) mass is 334 g/mol. The second-order valence-corrected chi connectivity index (χ2v) is 5.74. The number of likely N-dealkylation sites (tertiary alicyclic amines) is 1. The van der Waals surface area contributed by atoms with Gasteiger partial charge < -0.3 is 19.4 Å². The van der Waals surface area contributed by atoms with E-state index < -0.39 is 5.63 Å². The Balaban J connectivity index is 1.51. The summed E-state index contributed by atoms with van der Waals surface area (Å²) in [6, 6.07) is 9.64. The van der Waals surface area contributed by atoms with Gasteiger partial charge in [-0.1, -0.05) is 11.6 Å². The fraction of sp³-hybridized carbons (Fsp3) is 0.250. The molecule has 0 unspecified atom stereocenters. The first kappa shape index (κ1) is 15.4. The number of amides is 2. The molecule has 1 aromatic heterocycles. The highest BCUT2D eigenvalue weighted by Crippen LogP contribution is 2.19. The Labute approximate surface area is 137 Å². The molecule has 3 rings (SSSR count). The van der Waals surface area contributed by atoms with Crippen LogP contribution in [-0.4, -0.2) is 30.1 Å². The third-order valence-corrected chi connectivity index (χ3v) is 3.65. The number of carbonyl (C=O) groups is 1. The minimum atomic E-state index is -0.448. The van der Waals surface area contributed by atoms with Crippen LogP contribution < -0.4 is 15.7 Å². The second-order valence-electron chi connectivity index (χ2n) is 5.30. The van der Waals surface area contributed by atoms with E-state index in [9.17, 15) is 9.59 Å². The molecular formula is C16H15ClN2O4. The normalized spacial score (nSPS) is 14.3. The van der Waals surface area contributed by atoms with Crippen LogP contribution in [-0.2, 0) is 0 Å². The van der Waals surface area contributed by atoms with Crippen LogP contribution in [0.1, 0.15) is 5.76 Å². The summed E-state index contributed by atoms with van der Waals surface area (Å²) >= 11 is 5.80. The molecule has 0 bridgehead atoms. The third kappa shape index (κ3) is 3.84.